The lowest BCUT2D eigenvalue weighted by Gasteiger charge is -2.31. The number of fused-ring (bicyclic) bond motifs is 2. The number of benzene rings is 6. The molecule has 0 spiro atoms. The van der Waals surface area contributed by atoms with E-state index in [2.05, 4.69) is 156 Å². The average molecular weight is 493 g/mol. The van der Waals surface area contributed by atoms with Gasteiger partial charge in [-0.3, -0.25) is 0 Å². The molecule has 0 aliphatic carbocycles. The van der Waals surface area contributed by atoms with E-state index in [-0.39, 0.29) is 12.1 Å². The Bertz CT molecular complexity index is 1490. The van der Waals surface area contributed by atoms with Crippen molar-refractivity contribution in [3.63, 3.8) is 0 Å². The highest BCUT2D eigenvalue weighted by atomic mass is 15.0. The van der Waals surface area contributed by atoms with Gasteiger partial charge in [-0.2, -0.15) is 0 Å². The molecule has 0 fully saturated rings. The molecule has 2 N–H and O–H groups in total. The molecular formula is C36H32N2. The number of nitrogens with one attached hydrogen (secondary N) is 2. The molecule has 0 amide bonds. The maximum absolute atomic E-state index is 3.95. The SMILES string of the molecule is c1ccc([C@H](NCc2cccc3ccccc23)[C@@H](NCc2cccc3ccccc23)c2ccccc2)cc1. The number of hydrogen-bond donors (Lipinski definition) is 2. The number of hydrogen-bond acceptors (Lipinski definition) is 2. The fraction of sp³-hybridized carbons (Fsp3) is 0.111. The van der Waals surface area contributed by atoms with Crippen LogP contribution in [0.2, 0.25) is 0 Å². The van der Waals surface area contributed by atoms with Gasteiger partial charge in [0.05, 0.1) is 12.1 Å². The monoisotopic (exact) mass is 492 g/mol. The Morgan fingerprint density at radius 1 is 0.368 bits per heavy atom. The van der Waals surface area contributed by atoms with Gasteiger partial charge in [-0.25, -0.2) is 0 Å². The van der Waals surface area contributed by atoms with E-state index in [1.54, 1.807) is 0 Å². The predicted molar refractivity (Wildman–Crippen MR) is 160 cm³/mol. The molecule has 6 aromatic carbocycles. The molecule has 0 saturated heterocycles. The fourth-order valence-electron chi connectivity index (χ4n) is 5.51. The Hall–Kier alpha value is -4.24. The highest BCUT2D eigenvalue weighted by Crippen LogP contribution is 2.31. The minimum absolute atomic E-state index is 0.0764. The van der Waals surface area contributed by atoms with Crippen molar-refractivity contribution in [1.29, 1.82) is 0 Å². The normalized spacial score (nSPS) is 12.9. The van der Waals surface area contributed by atoms with Gasteiger partial charge < -0.3 is 10.6 Å². The van der Waals surface area contributed by atoms with Crippen LogP contribution in [0, 0.1) is 0 Å². The molecule has 2 heteroatoms. The van der Waals surface area contributed by atoms with Crippen LogP contribution in [0.25, 0.3) is 21.5 Å². The van der Waals surface area contributed by atoms with Gasteiger partial charge >= 0.3 is 0 Å². The second-order valence-electron chi connectivity index (χ2n) is 9.82. The summed E-state index contributed by atoms with van der Waals surface area (Å²) in [4.78, 5) is 0. The summed E-state index contributed by atoms with van der Waals surface area (Å²) < 4.78 is 0. The molecule has 2 nitrogen and oxygen atoms in total. The van der Waals surface area contributed by atoms with E-state index in [4.69, 9.17) is 0 Å². The third kappa shape index (κ3) is 5.24. The zero-order valence-electron chi connectivity index (χ0n) is 21.4. The summed E-state index contributed by atoms with van der Waals surface area (Å²) >= 11 is 0. The van der Waals surface area contributed by atoms with Crippen LogP contribution < -0.4 is 10.6 Å². The molecule has 2 atom stereocenters. The zero-order chi connectivity index (χ0) is 25.6. The Labute approximate surface area is 225 Å². The van der Waals surface area contributed by atoms with E-state index in [9.17, 15) is 0 Å². The summed E-state index contributed by atoms with van der Waals surface area (Å²) in [6.45, 7) is 1.56. The quantitative estimate of drug-likeness (QED) is 0.212. The second kappa shape index (κ2) is 11.4. The van der Waals surface area contributed by atoms with Crippen molar-refractivity contribution in [3.8, 4) is 0 Å². The molecule has 6 aromatic rings. The molecule has 186 valence electrons. The molecule has 0 heterocycles. The molecule has 0 bridgehead atoms. The van der Waals surface area contributed by atoms with Crippen LogP contribution >= 0.6 is 0 Å². The topological polar surface area (TPSA) is 24.1 Å². The van der Waals surface area contributed by atoms with Crippen LogP contribution in [0.15, 0.2) is 146 Å². The van der Waals surface area contributed by atoms with Crippen molar-refractivity contribution in [2.24, 2.45) is 0 Å². The van der Waals surface area contributed by atoms with Crippen LogP contribution in [0.4, 0.5) is 0 Å². The maximum Gasteiger partial charge on any atom is 0.0521 e. The first-order valence-corrected chi connectivity index (χ1v) is 13.4. The third-order valence-corrected chi connectivity index (χ3v) is 7.44. The molecule has 0 saturated carbocycles. The van der Waals surface area contributed by atoms with Gasteiger partial charge in [0, 0.05) is 13.1 Å². The third-order valence-electron chi connectivity index (χ3n) is 7.44. The zero-order valence-corrected chi connectivity index (χ0v) is 21.4. The van der Waals surface area contributed by atoms with Crippen molar-refractivity contribution in [2.45, 2.75) is 25.2 Å². The van der Waals surface area contributed by atoms with Gasteiger partial charge in [-0.05, 0) is 43.8 Å². The molecule has 0 unspecified atom stereocenters. The minimum atomic E-state index is 0.0764. The molecule has 0 aromatic heterocycles. The highest BCUT2D eigenvalue weighted by molar-refractivity contribution is 5.86. The van der Waals surface area contributed by atoms with Gasteiger partial charge in [-0.15, -0.1) is 0 Å². The molecule has 0 aliphatic rings. The molecule has 0 radical (unpaired) electrons. The molecule has 0 aliphatic heterocycles. The molecular weight excluding hydrogens is 460 g/mol. The fourth-order valence-corrected chi connectivity index (χ4v) is 5.51. The van der Waals surface area contributed by atoms with Gasteiger partial charge in [-0.1, -0.05) is 146 Å². The highest BCUT2D eigenvalue weighted by Gasteiger charge is 2.24. The van der Waals surface area contributed by atoms with Crippen LogP contribution in [0.5, 0.6) is 0 Å². The van der Waals surface area contributed by atoms with Crippen molar-refractivity contribution in [2.75, 3.05) is 0 Å². The van der Waals surface area contributed by atoms with Crippen molar-refractivity contribution in [3.05, 3.63) is 168 Å². The van der Waals surface area contributed by atoms with Gasteiger partial charge in [0.15, 0.2) is 0 Å². The van der Waals surface area contributed by atoms with Gasteiger partial charge in [0.2, 0.25) is 0 Å². The van der Waals surface area contributed by atoms with E-state index < -0.39 is 0 Å². The minimum Gasteiger partial charge on any atom is -0.304 e. The first-order valence-electron chi connectivity index (χ1n) is 13.4. The molecule has 38 heavy (non-hydrogen) atoms. The van der Waals surface area contributed by atoms with Gasteiger partial charge in [0.25, 0.3) is 0 Å². The average Bonchev–Trinajstić information content (AvgIpc) is 2.99. The lowest BCUT2D eigenvalue weighted by Crippen LogP contribution is -2.35. The Kier molecular flexibility index (Phi) is 7.26. The maximum atomic E-state index is 3.95. The summed E-state index contributed by atoms with van der Waals surface area (Å²) in [5.41, 5.74) is 5.16. The van der Waals surface area contributed by atoms with Crippen molar-refractivity contribution < 1.29 is 0 Å². The van der Waals surface area contributed by atoms with Crippen LogP contribution in [0.1, 0.15) is 34.3 Å². The summed E-state index contributed by atoms with van der Waals surface area (Å²) in [5.74, 6) is 0. The lowest BCUT2D eigenvalue weighted by molar-refractivity contribution is 0.382. The van der Waals surface area contributed by atoms with Gasteiger partial charge in [0.1, 0.15) is 0 Å². The standard InChI is InChI=1S/C36H32N2/c1-3-15-29(16-4-1)35(37-25-31-21-11-19-27-13-7-9-23-33(27)31)36(30-17-5-2-6-18-30)38-26-32-22-12-20-28-14-8-10-24-34(28)32/h1-24,35-38H,25-26H2/t35-,36-/m0/s1. The van der Waals surface area contributed by atoms with E-state index >= 15 is 0 Å². The van der Waals surface area contributed by atoms with Crippen molar-refractivity contribution >= 4 is 21.5 Å². The first-order chi connectivity index (χ1) is 18.9. The summed E-state index contributed by atoms with van der Waals surface area (Å²) in [7, 11) is 0. The second-order valence-corrected chi connectivity index (χ2v) is 9.82. The Morgan fingerprint density at radius 3 is 1.18 bits per heavy atom. The largest absolute Gasteiger partial charge is 0.304 e. The van der Waals surface area contributed by atoms with E-state index in [0.29, 0.717) is 0 Å². The summed E-state index contributed by atoms with van der Waals surface area (Å²) in [6.07, 6.45) is 0. The van der Waals surface area contributed by atoms with E-state index in [1.807, 2.05) is 0 Å². The smallest absolute Gasteiger partial charge is 0.0521 e. The lowest BCUT2D eigenvalue weighted by atomic mass is 9.92. The number of rotatable bonds is 9. The van der Waals surface area contributed by atoms with Crippen LogP contribution in [-0.4, -0.2) is 0 Å². The molecule has 6 rings (SSSR count). The Morgan fingerprint density at radius 2 is 0.737 bits per heavy atom. The summed E-state index contributed by atoms with van der Waals surface area (Å²) in [6, 6.07) is 52.2. The Balaban J connectivity index is 1.35. The predicted octanol–water partition coefficient (Wildman–Crippen LogP) is 8.36. The van der Waals surface area contributed by atoms with E-state index in [0.717, 1.165) is 13.1 Å². The van der Waals surface area contributed by atoms with Crippen molar-refractivity contribution in [1.82, 2.24) is 10.6 Å². The van der Waals surface area contributed by atoms with E-state index in [1.165, 1.54) is 43.8 Å². The summed E-state index contributed by atoms with van der Waals surface area (Å²) in [5, 5.41) is 13.1. The van der Waals surface area contributed by atoms with Crippen LogP contribution in [0.3, 0.4) is 0 Å². The first kappa shape index (κ1) is 24.1. The van der Waals surface area contributed by atoms with Crippen LogP contribution in [-0.2, 0) is 13.1 Å².